The molecule has 6 N–H and O–H groups in total. The van der Waals surface area contributed by atoms with Crippen LogP contribution < -0.4 is 17.2 Å². The van der Waals surface area contributed by atoms with Crippen LogP contribution in [0, 0.1) is 6.92 Å². The number of benzene rings is 2. The van der Waals surface area contributed by atoms with Crippen molar-refractivity contribution in [3.8, 4) is 11.1 Å². The van der Waals surface area contributed by atoms with Gasteiger partial charge in [0.05, 0.1) is 5.69 Å². The number of nitrogens with zero attached hydrogens (tertiary/aromatic N) is 2. The molecule has 0 amide bonds. The molecule has 0 bridgehead atoms. The normalized spacial score (nSPS) is 10.9. The number of hydrogen-bond acceptors (Lipinski definition) is 5. The van der Waals surface area contributed by atoms with Crippen LogP contribution >= 0.6 is 11.6 Å². The highest BCUT2D eigenvalue weighted by Gasteiger charge is 2.14. The first kappa shape index (κ1) is 19.0. The van der Waals surface area contributed by atoms with Gasteiger partial charge in [-0.15, -0.1) is 0 Å². The zero-order valence-electron chi connectivity index (χ0n) is 15.4. The molecule has 140 valence electrons. The molecule has 1 aromatic heterocycles. The van der Waals surface area contributed by atoms with Crippen LogP contribution in [-0.2, 0) is 12.8 Å². The van der Waals surface area contributed by atoms with Crippen molar-refractivity contribution in [1.29, 1.82) is 0 Å². The summed E-state index contributed by atoms with van der Waals surface area (Å²) < 4.78 is 0. The highest BCUT2D eigenvalue weighted by molar-refractivity contribution is 6.31. The van der Waals surface area contributed by atoms with Crippen LogP contribution in [0.5, 0.6) is 0 Å². The lowest BCUT2D eigenvalue weighted by atomic mass is 9.99. The second-order valence-corrected chi connectivity index (χ2v) is 7.11. The van der Waals surface area contributed by atoms with Crippen LogP contribution in [0.15, 0.2) is 42.5 Å². The number of nitrogen functional groups attached to an aromatic ring is 3. The van der Waals surface area contributed by atoms with E-state index in [2.05, 4.69) is 22.1 Å². The molecule has 27 heavy (non-hydrogen) atoms. The van der Waals surface area contributed by atoms with Gasteiger partial charge in [-0.25, -0.2) is 4.98 Å². The molecule has 1 heterocycles. The van der Waals surface area contributed by atoms with Gasteiger partial charge >= 0.3 is 0 Å². The predicted molar refractivity (Wildman–Crippen MR) is 114 cm³/mol. The lowest BCUT2D eigenvalue weighted by molar-refractivity contribution is 0.723. The Balaban J connectivity index is 1.76. The largest absolute Gasteiger partial charge is 0.399 e. The molecule has 0 saturated heterocycles. The molecule has 0 saturated carbocycles. The minimum absolute atomic E-state index is 0.197. The minimum Gasteiger partial charge on any atom is -0.399 e. The van der Waals surface area contributed by atoms with Crippen molar-refractivity contribution in [2.75, 3.05) is 17.2 Å². The number of unbranched alkanes of at least 4 members (excludes halogenated alkanes) is 1. The summed E-state index contributed by atoms with van der Waals surface area (Å²) in [5.41, 5.74) is 23.4. The van der Waals surface area contributed by atoms with Gasteiger partial charge in [0.25, 0.3) is 0 Å². The van der Waals surface area contributed by atoms with Crippen LogP contribution in [0.4, 0.5) is 17.5 Å². The number of anilines is 3. The fourth-order valence-corrected chi connectivity index (χ4v) is 3.28. The Bertz CT molecular complexity index is 938. The first-order chi connectivity index (χ1) is 12.9. The number of halogens is 1. The van der Waals surface area contributed by atoms with Gasteiger partial charge in [0.15, 0.2) is 0 Å². The van der Waals surface area contributed by atoms with Crippen molar-refractivity contribution < 1.29 is 0 Å². The molecule has 0 spiro atoms. The van der Waals surface area contributed by atoms with Crippen molar-refractivity contribution in [2.24, 2.45) is 0 Å². The summed E-state index contributed by atoms with van der Waals surface area (Å²) >= 11 is 6.29. The maximum Gasteiger partial charge on any atom is 0.222 e. The second kappa shape index (κ2) is 8.27. The Morgan fingerprint density at radius 2 is 1.59 bits per heavy atom. The monoisotopic (exact) mass is 381 g/mol. The van der Waals surface area contributed by atoms with E-state index >= 15 is 0 Å². The average Bonchev–Trinajstić information content (AvgIpc) is 2.62. The summed E-state index contributed by atoms with van der Waals surface area (Å²) in [6.45, 7) is 1.97. The first-order valence-electron chi connectivity index (χ1n) is 8.97. The fourth-order valence-electron chi connectivity index (χ4n) is 3.10. The van der Waals surface area contributed by atoms with Crippen LogP contribution in [0.1, 0.15) is 29.7 Å². The molecule has 0 radical (unpaired) electrons. The summed E-state index contributed by atoms with van der Waals surface area (Å²) in [6, 6.07) is 13.9. The number of aryl methyl sites for hydroxylation is 3. The lowest BCUT2D eigenvalue weighted by Gasteiger charge is -2.13. The van der Waals surface area contributed by atoms with Gasteiger partial charge in [0.1, 0.15) is 5.82 Å². The maximum atomic E-state index is 6.29. The van der Waals surface area contributed by atoms with E-state index in [-0.39, 0.29) is 5.95 Å². The fraction of sp³-hybridized carbons (Fsp3) is 0.238. The molecular weight excluding hydrogens is 358 g/mol. The highest BCUT2D eigenvalue weighted by atomic mass is 35.5. The van der Waals surface area contributed by atoms with Gasteiger partial charge in [-0.2, -0.15) is 4.98 Å². The molecule has 0 aliphatic carbocycles. The Morgan fingerprint density at radius 3 is 2.30 bits per heavy atom. The van der Waals surface area contributed by atoms with Crippen molar-refractivity contribution in [1.82, 2.24) is 9.97 Å². The zero-order chi connectivity index (χ0) is 19.4. The van der Waals surface area contributed by atoms with E-state index in [1.54, 1.807) is 0 Å². The third-order valence-electron chi connectivity index (χ3n) is 4.60. The maximum absolute atomic E-state index is 6.29. The Morgan fingerprint density at radius 1 is 0.889 bits per heavy atom. The number of aromatic nitrogens is 2. The predicted octanol–water partition coefficient (Wildman–Crippen LogP) is 4.42. The summed E-state index contributed by atoms with van der Waals surface area (Å²) in [5.74, 6) is 0.582. The summed E-state index contributed by atoms with van der Waals surface area (Å²) in [5, 5.41) is 0.693. The van der Waals surface area contributed by atoms with Gasteiger partial charge in [-0.05, 0) is 67.5 Å². The third kappa shape index (κ3) is 4.68. The van der Waals surface area contributed by atoms with E-state index in [1.165, 1.54) is 5.56 Å². The molecule has 0 unspecified atom stereocenters. The average molecular weight is 382 g/mol. The summed E-state index contributed by atoms with van der Waals surface area (Å²) in [7, 11) is 0. The SMILES string of the molecule is Cc1ccc(-c2c(N)nc(N)nc2CCCCc2ccc(N)cc2)cc1Cl. The zero-order valence-corrected chi connectivity index (χ0v) is 16.1. The quantitative estimate of drug-likeness (QED) is 0.433. The molecule has 0 aliphatic heterocycles. The van der Waals surface area contributed by atoms with Crippen LogP contribution in [-0.4, -0.2) is 9.97 Å². The highest BCUT2D eigenvalue weighted by Crippen LogP contribution is 2.32. The van der Waals surface area contributed by atoms with E-state index < -0.39 is 0 Å². The third-order valence-corrected chi connectivity index (χ3v) is 5.01. The van der Waals surface area contributed by atoms with E-state index in [0.717, 1.165) is 53.8 Å². The van der Waals surface area contributed by atoms with Crippen LogP contribution in [0.25, 0.3) is 11.1 Å². The van der Waals surface area contributed by atoms with E-state index in [0.29, 0.717) is 10.8 Å². The van der Waals surface area contributed by atoms with Gasteiger partial charge in [0.2, 0.25) is 5.95 Å². The van der Waals surface area contributed by atoms with Gasteiger partial charge < -0.3 is 17.2 Å². The van der Waals surface area contributed by atoms with Gasteiger partial charge in [0, 0.05) is 16.3 Å². The molecular formula is C21H24ClN5. The molecule has 3 aromatic rings. The van der Waals surface area contributed by atoms with E-state index in [1.807, 2.05) is 37.3 Å². The smallest absolute Gasteiger partial charge is 0.222 e. The minimum atomic E-state index is 0.197. The van der Waals surface area contributed by atoms with Gasteiger partial charge in [-0.3, -0.25) is 0 Å². The van der Waals surface area contributed by atoms with E-state index in [9.17, 15) is 0 Å². The molecule has 0 atom stereocenters. The van der Waals surface area contributed by atoms with Gasteiger partial charge in [-0.1, -0.05) is 35.9 Å². The molecule has 0 aliphatic rings. The topological polar surface area (TPSA) is 104 Å². The molecule has 6 heteroatoms. The molecule has 3 rings (SSSR count). The molecule has 5 nitrogen and oxygen atoms in total. The first-order valence-corrected chi connectivity index (χ1v) is 9.34. The van der Waals surface area contributed by atoms with Crippen LogP contribution in [0.2, 0.25) is 5.02 Å². The van der Waals surface area contributed by atoms with Crippen molar-refractivity contribution in [3.63, 3.8) is 0 Å². The standard InChI is InChI=1S/C21H24ClN5/c1-13-6-9-15(12-17(13)22)19-18(26-21(25)27-20(19)24)5-3-2-4-14-7-10-16(23)11-8-14/h6-12H,2-5,23H2,1H3,(H4,24,25,26,27). The Labute approximate surface area is 164 Å². The van der Waals surface area contributed by atoms with Crippen molar-refractivity contribution in [3.05, 3.63) is 64.3 Å². The summed E-state index contributed by atoms with van der Waals surface area (Å²) in [6.07, 6.45) is 3.75. The molecule has 2 aromatic carbocycles. The van der Waals surface area contributed by atoms with E-state index in [4.69, 9.17) is 28.8 Å². The Hall–Kier alpha value is -2.79. The lowest BCUT2D eigenvalue weighted by Crippen LogP contribution is -2.07. The molecule has 0 fully saturated rings. The number of nitrogens with two attached hydrogens (primary N) is 3. The second-order valence-electron chi connectivity index (χ2n) is 6.70. The summed E-state index contributed by atoms with van der Waals surface area (Å²) in [4.78, 5) is 8.58. The number of rotatable bonds is 6. The van der Waals surface area contributed by atoms with Crippen LogP contribution in [0.3, 0.4) is 0 Å². The van der Waals surface area contributed by atoms with Crippen molar-refractivity contribution >= 4 is 29.1 Å². The number of hydrogen-bond donors (Lipinski definition) is 3. The Kier molecular flexibility index (Phi) is 5.81. The van der Waals surface area contributed by atoms with Crippen molar-refractivity contribution in [2.45, 2.75) is 32.6 Å².